The monoisotopic (exact) mass is 223 g/mol. The number of hydrogen-bond acceptors (Lipinski definition) is 2. The summed E-state index contributed by atoms with van der Waals surface area (Å²) < 4.78 is 0. The molecule has 2 atom stereocenters. The van der Waals surface area contributed by atoms with Crippen LogP contribution in [0.5, 0.6) is 0 Å². The van der Waals surface area contributed by atoms with E-state index in [1.165, 1.54) is 6.42 Å². The lowest BCUT2D eigenvalue weighted by Crippen LogP contribution is -2.49. The zero-order chi connectivity index (χ0) is 11.8. The standard InChI is InChI=1S/C12H21N3O/c1-3-15-11(16)14-10(13)12(15)7-4-5-9(2)6-8-12/h9H,3-8H2,1-2H3,(H2,13,14,16). The van der Waals surface area contributed by atoms with Gasteiger partial charge in [-0.1, -0.05) is 19.8 Å². The van der Waals surface area contributed by atoms with Gasteiger partial charge in [-0.3, -0.25) is 10.7 Å². The van der Waals surface area contributed by atoms with Crippen LogP contribution in [0.2, 0.25) is 0 Å². The van der Waals surface area contributed by atoms with Crippen LogP contribution in [0.1, 0.15) is 46.0 Å². The maximum atomic E-state index is 11.8. The lowest BCUT2D eigenvalue weighted by molar-refractivity contribution is 0.166. The van der Waals surface area contributed by atoms with Gasteiger partial charge < -0.3 is 4.90 Å². The van der Waals surface area contributed by atoms with Crippen molar-refractivity contribution in [3.05, 3.63) is 0 Å². The van der Waals surface area contributed by atoms with Crippen molar-refractivity contribution in [3.63, 3.8) is 0 Å². The van der Waals surface area contributed by atoms with E-state index in [1.54, 1.807) is 0 Å². The Morgan fingerprint density at radius 1 is 1.50 bits per heavy atom. The second kappa shape index (κ2) is 4.07. The molecule has 1 saturated carbocycles. The Labute approximate surface area is 96.9 Å². The predicted octanol–water partition coefficient (Wildman–Crippen LogP) is 2.35. The van der Waals surface area contributed by atoms with Gasteiger partial charge in [-0.25, -0.2) is 4.79 Å². The third-order valence-corrected chi connectivity index (χ3v) is 4.11. The fourth-order valence-corrected chi connectivity index (χ4v) is 3.08. The number of nitrogens with one attached hydrogen (secondary N) is 2. The van der Waals surface area contributed by atoms with Crippen molar-refractivity contribution in [2.75, 3.05) is 6.54 Å². The van der Waals surface area contributed by atoms with E-state index in [1.807, 2.05) is 11.8 Å². The highest BCUT2D eigenvalue weighted by atomic mass is 16.2. The molecule has 1 aliphatic carbocycles. The Bertz CT molecular complexity index is 315. The van der Waals surface area contributed by atoms with Crippen LogP contribution < -0.4 is 5.32 Å². The molecule has 16 heavy (non-hydrogen) atoms. The first-order valence-electron chi connectivity index (χ1n) is 6.28. The molecule has 0 aromatic carbocycles. The number of amides is 2. The molecule has 2 amide bonds. The summed E-state index contributed by atoms with van der Waals surface area (Å²) in [7, 11) is 0. The topological polar surface area (TPSA) is 56.2 Å². The number of hydrogen-bond donors (Lipinski definition) is 2. The van der Waals surface area contributed by atoms with Crippen LogP contribution in [0.4, 0.5) is 4.79 Å². The van der Waals surface area contributed by atoms with E-state index >= 15 is 0 Å². The summed E-state index contributed by atoms with van der Waals surface area (Å²) in [4.78, 5) is 13.6. The minimum atomic E-state index is -0.309. The summed E-state index contributed by atoms with van der Waals surface area (Å²) >= 11 is 0. The lowest BCUT2D eigenvalue weighted by Gasteiger charge is -2.35. The van der Waals surface area contributed by atoms with Gasteiger partial charge in [-0.05, 0) is 32.1 Å². The molecule has 2 rings (SSSR count). The molecular weight excluding hydrogens is 202 g/mol. The van der Waals surface area contributed by atoms with Crippen molar-refractivity contribution in [3.8, 4) is 0 Å². The minimum absolute atomic E-state index is 0.0814. The van der Waals surface area contributed by atoms with Crippen LogP contribution in [-0.4, -0.2) is 28.9 Å². The number of nitrogens with zero attached hydrogens (tertiary/aromatic N) is 1. The highest BCUT2D eigenvalue weighted by molar-refractivity contribution is 6.08. The number of rotatable bonds is 1. The maximum Gasteiger partial charge on any atom is 0.323 e. The quantitative estimate of drug-likeness (QED) is 0.704. The molecule has 4 heteroatoms. The van der Waals surface area contributed by atoms with Crippen LogP contribution in [-0.2, 0) is 0 Å². The molecular formula is C12H21N3O. The van der Waals surface area contributed by atoms with Crippen molar-refractivity contribution in [2.45, 2.75) is 51.5 Å². The van der Waals surface area contributed by atoms with Gasteiger partial charge in [0.05, 0.1) is 0 Å². The first-order valence-corrected chi connectivity index (χ1v) is 6.28. The molecule has 2 aliphatic rings. The third kappa shape index (κ3) is 1.60. The van der Waals surface area contributed by atoms with E-state index in [0.717, 1.165) is 31.6 Å². The van der Waals surface area contributed by atoms with Gasteiger partial charge >= 0.3 is 6.03 Å². The number of urea groups is 1. The molecule has 2 N–H and O–H groups in total. The molecule has 1 saturated heterocycles. The van der Waals surface area contributed by atoms with Crippen molar-refractivity contribution < 1.29 is 4.79 Å². The Hall–Kier alpha value is -1.06. The molecule has 1 spiro atoms. The number of carbonyl (C=O) groups excluding carboxylic acids is 1. The van der Waals surface area contributed by atoms with Crippen LogP contribution in [0, 0.1) is 11.3 Å². The maximum absolute atomic E-state index is 11.8. The second-order valence-electron chi connectivity index (χ2n) is 5.12. The average Bonchev–Trinajstić information content (AvgIpc) is 2.39. The van der Waals surface area contributed by atoms with E-state index in [2.05, 4.69) is 12.2 Å². The predicted molar refractivity (Wildman–Crippen MR) is 63.6 cm³/mol. The Morgan fingerprint density at radius 2 is 2.25 bits per heavy atom. The highest BCUT2D eigenvalue weighted by Crippen LogP contribution is 2.37. The van der Waals surface area contributed by atoms with E-state index in [4.69, 9.17) is 5.41 Å². The average molecular weight is 223 g/mol. The Morgan fingerprint density at radius 3 is 2.94 bits per heavy atom. The zero-order valence-corrected chi connectivity index (χ0v) is 10.2. The molecule has 0 aromatic rings. The first kappa shape index (κ1) is 11.4. The van der Waals surface area contributed by atoms with Gasteiger partial charge in [0.15, 0.2) is 0 Å². The van der Waals surface area contributed by atoms with Crippen LogP contribution in [0.25, 0.3) is 0 Å². The zero-order valence-electron chi connectivity index (χ0n) is 10.2. The van der Waals surface area contributed by atoms with E-state index in [-0.39, 0.29) is 11.6 Å². The molecule has 0 radical (unpaired) electrons. The Kier molecular flexibility index (Phi) is 2.91. The van der Waals surface area contributed by atoms with Crippen molar-refractivity contribution >= 4 is 11.9 Å². The fourth-order valence-electron chi connectivity index (χ4n) is 3.08. The molecule has 2 fully saturated rings. The summed E-state index contributed by atoms with van der Waals surface area (Å²) in [6, 6.07) is -0.0814. The molecule has 2 unspecified atom stereocenters. The second-order valence-corrected chi connectivity index (χ2v) is 5.12. The van der Waals surface area contributed by atoms with Gasteiger partial charge in [0, 0.05) is 6.54 Å². The van der Waals surface area contributed by atoms with E-state index < -0.39 is 0 Å². The first-order chi connectivity index (χ1) is 7.60. The van der Waals surface area contributed by atoms with Crippen LogP contribution >= 0.6 is 0 Å². The van der Waals surface area contributed by atoms with E-state index in [0.29, 0.717) is 12.4 Å². The number of likely N-dealkylation sites (N-methyl/N-ethyl adjacent to an activating group) is 1. The van der Waals surface area contributed by atoms with Gasteiger partial charge in [-0.15, -0.1) is 0 Å². The molecule has 0 aromatic heterocycles. The summed E-state index contributed by atoms with van der Waals surface area (Å²) in [5, 5.41) is 10.7. The minimum Gasteiger partial charge on any atom is -0.312 e. The third-order valence-electron chi connectivity index (χ3n) is 4.11. The Balaban J connectivity index is 2.26. The summed E-state index contributed by atoms with van der Waals surface area (Å²) in [5.41, 5.74) is -0.309. The lowest BCUT2D eigenvalue weighted by atomic mass is 9.88. The summed E-state index contributed by atoms with van der Waals surface area (Å²) in [6.45, 7) is 4.96. The molecule has 90 valence electrons. The molecule has 1 aliphatic heterocycles. The largest absolute Gasteiger partial charge is 0.323 e. The van der Waals surface area contributed by atoms with Gasteiger partial charge in [0.1, 0.15) is 11.4 Å². The number of amidine groups is 1. The highest BCUT2D eigenvalue weighted by Gasteiger charge is 2.49. The van der Waals surface area contributed by atoms with Crippen molar-refractivity contribution in [2.24, 2.45) is 5.92 Å². The van der Waals surface area contributed by atoms with Crippen molar-refractivity contribution in [1.29, 1.82) is 5.41 Å². The molecule has 1 heterocycles. The fraction of sp³-hybridized carbons (Fsp3) is 0.833. The normalized spacial score (nSPS) is 35.4. The molecule has 4 nitrogen and oxygen atoms in total. The van der Waals surface area contributed by atoms with Gasteiger partial charge in [-0.2, -0.15) is 0 Å². The van der Waals surface area contributed by atoms with Gasteiger partial charge in [0.25, 0.3) is 0 Å². The van der Waals surface area contributed by atoms with Crippen LogP contribution in [0.3, 0.4) is 0 Å². The van der Waals surface area contributed by atoms with E-state index in [9.17, 15) is 4.79 Å². The summed E-state index contributed by atoms with van der Waals surface area (Å²) in [5.74, 6) is 1.15. The SMILES string of the molecule is CCN1C(=O)NC(=N)C12CCCC(C)CC2. The van der Waals surface area contributed by atoms with Crippen LogP contribution in [0.15, 0.2) is 0 Å². The number of carbonyl (C=O) groups is 1. The van der Waals surface area contributed by atoms with Crippen molar-refractivity contribution in [1.82, 2.24) is 10.2 Å². The summed E-state index contributed by atoms with van der Waals surface area (Å²) in [6.07, 6.45) is 5.35. The smallest absolute Gasteiger partial charge is 0.312 e. The van der Waals surface area contributed by atoms with Gasteiger partial charge in [0.2, 0.25) is 0 Å². The molecule has 0 bridgehead atoms.